The number of allylic oxidation sites excluding steroid dienone is 2. The van der Waals surface area contributed by atoms with Crippen LogP contribution >= 0.6 is 11.3 Å². The molecule has 1 amide bonds. The van der Waals surface area contributed by atoms with Gasteiger partial charge in [0.15, 0.2) is 0 Å². The number of ether oxygens (including phenoxy) is 1. The predicted octanol–water partition coefficient (Wildman–Crippen LogP) is 3.39. The first-order valence-corrected chi connectivity index (χ1v) is 9.65. The van der Waals surface area contributed by atoms with E-state index in [1.807, 2.05) is 26.0 Å². The molecule has 4 atom stereocenters. The van der Waals surface area contributed by atoms with E-state index in [1.54, 1.807) is 6.92 Å². The molecule has 0 spiro atoms. The Kier molecular flexibility index (Phi) is 5.18. The summed E-state index contributed by atoms with van der Waals surface area (Å²) in [5, 5.41) is 12.9. The van der Waals surface area contributed by atoms with E-state index in [1.165, 1.54) is 11.3 Å². The zero-order chi connectivity index (χ0) is 19.0. The summed E-state index contributed by atoms with van der Waals surface area (Å²) in [6.07, 6.45) is 5.51. The molecule has 2 N–H and O–H groups in total. The SMILES string of the molecule is CCOC(=O)c1c(NC(=O)[C@H]2[C@@H](C(=O)O)[C@H]3C=C[C@@H]2CC3)sc(C)c1C. The zero-order valence-corrected chi connectivity index (χ0v) is 15.9. The van der Waals surface area contributed by atoms with Crippen molar-refractivity contribution >= 4 is 34.2 Å². The van der Waals surface area contributed by atoms with Gasteiger partial charge >= 0.3 is 11.9 Å². The van der Waals surface area contributed by atoms with Crippen LogP contribution in [-0.4, -0.2) is 29.6 Å². The molecule has 3 aliphatic rings. The summed E-state index contributed by atoms with van der Waals surface area (Å²) < 4.78 is 5.11. The van der Waals surface area contributed by atoms with Gasteiger partial charge in [-0.15, -0.1) is 11.3 Å². The minimum atomic E-state index is -0.937. The third kappa shape index (κ3) is 3.16. The van der Waals surface area contributed by atoms with E-state index in [2.05, 4.69) is 5.32 Å². The van der Waals surface area contributed by atoms with Gasteiger partial charge in [0.1, 0.15) is 5.00 Å². The molecule has 1 aromatic heterocycles. The topological polar surface area (TPSA) is 92.7 Å². The average Bonchev–Trinajstić information content (AvgIpc) is 2.89. The Morgan fingerprint density at radius 1 is 1.19 bits per heavy atom. The van der Waals surface area contributed by atoms with Crippen LogP contribution in [0.15, 0.2) is 12.2 Å². The molecule has 26 heavy (non-hydrogen) atoms. The Hall–Kier alpha value is -2.15. The number of aliphatic carboxylic acids is 1. The molecule has 1 fully saturated rings. The first kappa shape index (κ1) is 18.6. The van der Waals surface area contributed by atoms with Crippen LogP contribution in [0.5, 0.6) is 0 Å². The highest BCUT2D eigenvalue weighted by molar-refractivity contribution is 7.16. The van der Waals surface area contributed by atoms with Crippen molar-refractivity contribution < 1.29 is 24.2 Å². The first-order valence-electron chi connectivity index (χ1n) is 8.84. The van der Waals surface area contributed by atoms with Crippen LogP contribution in [0.2, 0.25) is 0 Å². The molecule has 1 heterocycles. The molecule has 6 nitrogen and oxygen atoms in total. The molecule has 0 unspecified atom stereocenters. The van der Waals surface area contributed by atoms with Crippen LogP contribution in [0.3, 0.4) is 0 Å². The van der Waals surface area contributed by atoms with Crippen LogP contribution in [0.1, 0.15) is 40.6 Å². The summed E-state index contributed by atoms with van der Waals surface area (Å²) in [7, 11) is 0. The van der Waals surface area contributed by atoms with Gasteiger partial charge in [-0.1, -0.05) is 12.2 Å². The fraction of sp³-hybridized carbons (Fsp3) is 0.526. The summed E-state index contributed by atoms with van der Waals surface area (Å²) in [6.45, 7) is 5.68. The third-order valence-electron chi connectivity index (χ3n) is 5.44. The van der Waals surface area contributed by atoms with Crippen molar-refractivity contribution in [1.29, 1.82) is 0 Å². The number of carbonyl (C=O) groups is 3. The molecule has 0 aromatic carbocycles. The number of aryl methyl sites for hydroxylation is 1. The van der Waals surface area contributed by atoms with E-state index in [0.29, 0.717) is 10.6 Å². The van der Waals surface area contributed by atoms with Crippen molar-refractivity contribution in [2.24, 2.45) is 23.7 Å². The van der Waals surface area contributed by atoms with E-state index < -0.39 is 23.8 Å². The normalized spacial score (nSPS) is 26.6. The van der Waals surface area contributed by atoms with Crippen LogP contribution in [0.25, 0.3) is 0 Å². The number of hydrogen-bond acceptors (Lipinski definition) is 5. The second kappa shape index (κ2) is 7.23. The largest absolute Gasteiger partial charge is 0.481 e. The molecule has 4 rings (SSSR count). The molecule has 2 bridgehead atoms. The van der Waals surface area contributed by atoms with Gasteiger partial charge in [-0.3, -0.25) is 9.59 Å². The van der Waals surface area contributed by atoms with Crippen LogP contribution in [0.4, 0.5) is 5.00 Å². The van der Waals surface area contributed by atoms with Gasteiger partial charge < -0.3 is 15.2 Å². The van der Waals surface area contributed by atoms with E-state index in [4.69, 9.17) is 4.74 Å². The number of carbonyl (C=O) groups excluding carboxylic acids is 2. The summed E-state index contributed by atoms with van der Waals surface area (Å²) in [5.74, 6) is -3.25. The highest BCUT2D eigenvalue weighted by Crippen LogP contribution is 2.46. The smallest absolute Gasteiger partial charge is 0.341 e. The predicted molar refractivity (Wildman–Crippen MR) is 98.3 cm³/mol. The van der Waals surface area contributed by atoms with Crippen molar-refractivity contribution in [3.8, 4) is 0 Å². The van der Waals surface area contributed by atoms with Crippen molar-refractivity contribution in [3.05, 3.63) is 28.2 Å². The lowest BCUT2D eigenvalue weighted by atomic mass is 9.62. The maximum atomic E-state index is 13.0. The fourth-order valence-corrected chi connectivity index (χ4v) is 5.10. The number of hydrogen-bond donors (Lipinski definition) is 2. The standard InChI is InChI=1S/C19H23NO5S/c1-4-25-19(24)13-9(2)10(3)26-17(13)20-16(21)14-11-5-7-12(8-6-11)15(14)18(22)23/h5,7,11-12,14-15H,4,6,8H2,1-3H3,(H,20,21)(H,22,23)/t11-,12+,14-,15+/m1/s1. The lowest BCUT2D eigenvalue weighted by Crippen LogP contribution is -2.47. The van der Waals surface area contributed by atoms with Crippen LogP contribution < -0.4 is 5.32 Å². The molecule has 1 saturated carbocycles. The van der Waals surface area contributed by atoms with Gasteiger partial charge in [0.25, 0.3) is 0 Å². The molecular formula is C19H23NO5S. The van der Waals surface area contributed by atoms with Crippen molar-refractivity contribution in [3.63, 3.8) is 0 Å². The Balaban J connectivity index is 1.88. The molecule has 0 saturated heterocycles. The number of rotatable bonds is 5. The average molecular weight is 377 g/mol. The minimum Gasteiger partial charge on any atom is -0.481 e. The number of amides is 1. The van der Waals surface area contributed by atoms with E-state index in [-0.39, 0.29) is 24.3 Å². The number of carboxylic acids is 1. The first-order chi connectivity index (χ1) is 12.3. The number of nitrogens with one attached hydrogen (secondary N) is 1. The molecule has 0 radical (unpaired) electrons. The quantitative estimate of drug-likeness (QED) is 0.606. The molecular weight excluding hydrogens is 354 g/mol. The number of carboxylic acid groups (broad SMARTS) is 1. The Labute approximate surface area is 156 Å². The molecule has 140 valence electrons. The Bertz CT molecular complexity index is 781. The minimum absolute atomic E-state index is 0.0747. The van der Waals surface area contributed by atoms with Crippen molar-refractivity contribution in [2.75, 3.05) is 11.9 Å². The fourth-order valence-electron chi connectivity index (χ4n) is 4.05. The molecule has 0 aliphatic heterocycles. The van der Waals surface area contributed by atoms with E-state index in [0.717, 1.165) is 23.3 Å². The second-order valence-corrected chi connectivity index (χ2v) is 8.10. The van der Waals surface area contributed by atoms with E-state index in [9.17, 15) is 19.5 Å². The molecule has 1 aromatic rings. The molecule has 7 heteroatoms. The highest BCUT2D eigenvalue weighted by atomic mass is 32.1. The summed E-state index contributed by atoms with van der Waals surface area (Å²) >= 11 is 1.32. The summed E-state index contributed by atoms with van der Waals surface area (Å²) in [4.78, 5) is 37.9. The summed E-state index contributed by atoms with van der Waals surface area (Å²) in [6, 6.07) is 0. The van der Waals surface area contributed by atoms with Crippen LogP contribution in [0, 0.1) is 37.5 Å². The number of thiophene rings is 1. The maximum Gasteiger partial charge on any atom is 0.341 e. The monoisotopic (exact) mass is 377 g/mol. The number of fused-ring (bicyclic) bond motifs is 2. The second-order valence-electron chi connectivity index (χ2n) is 6.88. The van der Waals surface area contributed by atoms with E-state index >= 15 is 0 Å². The van der Waals surface area contributed by atoms with Gasteiger partial charge in [-0.05, 0) is 51.0 Å². The van der Waals surface area contributed by atoms with Gasteiger partial charge in [0.05, 0.1) is 24.0 Å². The van der Waals surface area contributed by atoms with Crippen molar-refractivity contribution in [2.45, 2.75) is 33.6 Å². The Morgan fingerprint density at radius 3 is 2.35 bits per heavy atom. The van der Waals surface area contributed by atoms with Gasteiger partial charge in [0, 0.05) is 4.88 Å². The van der Waals surface area contributed by atoms with Gasteiger partial charge in [0.2, 0.25) is 5.91 Å². The highest BCUT2D eigenvalue weighted by Gasteiger charge is 2.48. The zero-order valence-electron chi connectivity index (χ0n) is 15.1. The lowest BCUT2D eigenvalue weighted by molar-refractivity contribution is -0.151. The van der Waals surface area contributed by atoms with Gasteiger partial charge in [-0.25, -0.2) is 4.79 Å². The van der Waals surface area contributed by atoms with Crippen molar-refractivity contribution in [1.82, 2.24) is 0 Å². The number of esters is 1. The molecule has 3 aliphatic carbocycles. The van der Waals surface area contributed by atoms with Crippen LogP contribution in [-0.2, 0) is 14.3 Å². The number of anilines is 1. The lowest BCUT2D eigenvalue weighted by Gasteiger charge is -2.41. The Morgan fingerprint density at radius 2 is 1.81 bits per heavy atom. The maximum absolute atomic E-state index is 13.0. The van der Waals surface area contributed by atoms with Gasteiger partial charge in [-0.2, -0.15) is 0 Å². The third-order valence-corrected chi connectivity index (χ3v) is 6.56. The summed E-state index contributed by atoms with van der Waals surface area (Å²) in [5.41, 5.74) is 1.15.